The highest BCUT2D eigenvalue weighted by Crippen LogP contribution is 2.15. The zero-order chi connectivity index (χ0) is 12.9. The third-order valence-electron chi connectivity index (χ3n) is 2.16. The van der Waals surface area contributed by atoms with Gasteiger partial charge in [0.1, 0.15) is 4.90 Å². The highest BCUT2D eigenvalue weighted by molar-refractivity contribution is 7.89. The molecule has 1 rings (SSSR count). The lowest BCUT2D eigenvalue weighted by molar-refractivity contribution is 0.579. The summed E-state index contributed by atoms with van der Waals surface area (Å²) < 4.78 is 27.6. The van der Waals surface area contributed by atoms with Gasteiger partial charge in [-0.1, -0.05) is 0 Å². The summed E-state index contributed by atoms with van der Waals surface area (Å²) in [7, 11) is -3.59. The van der Waals surface area contributed by atoms with Crippen LogP contribution in [0.4, 0.5) is 5.82 Å². The molecule has 0 amide bonds. The van der Waals surface area contributed by atoms with E-state index >= 15 is 0 Å². The minimum Gasteiger partial charge on any atom is -0.381 e. The summed E-state index contributed by atoms with van der Waals surface area (Å²) >= 11 is 0. The molecule has 0 aromatic carbocycles. The van der Waals surface area contributed by atoms with Crippen molar-refractivity contribution in [3.05, 3.63) is 6.20 Å². The average Bonchev–Trinajstić information content (AvgIpc) is 2.67. The van der Waals surface area contributed by atoms with Crippen molar-refractivity contribution in [2.24, 2.45) is 0 Å². The van der Waals surface area contributed by atoms with Crippen molar-refractivity contribution < 1.29 is 8.42 Å². The molecule has 0 fully saturated rings. The quantitative estimate of drug-likeness (QED) is 0.561. The monoisotopic (exact) mass is 256 g/mol. The maximum absolute atomic E-state index is 11.8. The summed E-state index contributed by atoms with van der Waals surface area (Å²) in [5.74, 6) is 2.45. The van der Waals surface area contributed by atoms with Gasteiger partial charge in [-0.25, -0.2) is 13.1 Å². The third kappa shape index (κ3) is 3.47. The highest BCUT2D eigenvalue weighted by Gasteiger charge is 2.20. The van der Waals surface area contributed by atoms with Crippen LogP contribution in [0.3, 0.4) is 0 Å². The predicted molar refractivity (Wildman–Crippen MR) is 65.6 cm³/mol. The van der Waals surface area contributed by atoms with E-state index < -0.39 is 10.0 Å². The Morgan fingerprint density at radius 3 is 2.88 bits per heavy atom. The van der Waals surface area contributed by atoms with Crippen LogP contribution in [-0.4, -0.2) is 24.7 Å². The molecule has 1 aromatic rings. The lowest BCUT2D eigenvalue weighted by atomic mass is 10.3. The van der Waals surface area contributed by atoms with E-state index in [0.29, 0.717) is 25.9 Å². The summed E-state index contributed by atoms with van der Waals surface area (Å²) in [5.41, 5.74) is 5.55. The molecule has 17 heavy (non-hydrogen) atoms. The molecule has 1 heterocycles. The molecular formula is C10H16N4O2S. The molecule has 7 heteroatoms. The maximum Gasteiger partial charge on any atom is 0.245 e. The summed E-state index contributed by atoms with van der Waals surface area (Å²) in [4.78, 5) is 0.0139. The second-order valence-corrected chi connectivity index (χ2v) is 5.18. The number of anilines is 1. The van der Waals surface area contributed by atoms with Crippen LogP contribution in [-0.2, 0) is 16.6 Å². The minimum atomic E-state index is -3.59. The second kappa shape index (κ2) is 5.70. The van der Waals surface area contributed by atoms with Gasteiger partial charge in [0.25, 0.3) is 0 Å². The number of aryl methyl sites for hydroxylation is 1. The van der Waals surface area contributed by atoms with E-state index in [9.17, 15) is 8.42 Å². The van der Waals surface area contributed by atoms with Crippen molar-refractivity contribution >= 4 is 15.8 Å². The number of terminal acetylenes is 1. The molecule has 3 N–H and O–H groups in total. The van der Waals surface area contributed by atoms with E-state index in [1.807, 2.05) is 6.92 Å². The number of aromatic nitrogens is 2. The van der Waals surface area contributed by atoms with E-state index in [1.165, 1.54) is 10.9 Å². The fraction of sp³-hybridized carbons (Fsp3) is 0.500. The summed E-state index contributed by atoms with van der Waals surface area (Å²) in [6.07, 6.45) is 7.62. The number of hydrogen-bond acceptors (Lipinski definition) is 4. The van der Waals surface area contributed by atoms with Crippen molar-refractivity contribution in [2.45, 2.75) is 31.2 Å². The average molecular weight is 256 g/mol. The number of nitrogens with one attached hydrogen (secondary N) is 1. The van der Waals surface area contributed by atoms with Crippen LogP contribution in [0, 0.1) is 12.3 Å². The van der Waals surface area contributed by atoms with Crippen LogP contribution in [0.15, 0.2) is 11.1 Å². The van der Waals surface area contributed by atoms with Gasteiger partial charge < -0.3 is 5.73 Å². The van der Waals surface area contributed by atoms with Crippen LogP contribution in [0.2, 0.25) is 0 Å². The SMILES string of the molecule is C#CCCCNS(=O)(=O)c1cn(CC)nc1N. The van der Waals surface area contributed by atoms with Gasteiger partial charge in [0.05, 0.1) is 0 Å². The maximum atomic E-state index is 11.8. The Morgan fingerprint density at radius 2 is 2.35 bits per heavy atom. The zero-order valence-corrected chi connectivity index (χ0v) is 10.5. The Kier molecular flexibility index (Phi) is 4.54. The standard InChI is InChI=1S/C10H16N4O2S/c1-3-5-6-7-12-17(15,16)9-8-14(4-2)13-10(9)11/h1,8,12H,4-7H2,2H3,(H2,11,13). The first kappa shape index (κ1) is 13.5. The van der Waals surface area contributed by atoms with Gasteiger partial charge in [0.2, 0.25) is 10.0 Å². The van der Waals surface area contributed by atoms with Crippen molar-refractivity contribution in [3.8, 4) is 12.3 Å². The van der Waals surface area contributed by atoms with Gasteiger partial charge in [0.15, 0.2) is 5.82 Å². The third-order valence-corrected chi connectivity index (χ3v) is 3.64. The second-order valence-electron chi connectivity index (χ2n) is 3.44. The summed E-state index contributed by atoms with van der Waals surface area (Å²) in [5, 5.41) is 3.88. The first-order valence-corrected chi connectivity index (χ1v) is 6.75. The largest absolute Gasteiger partial charge is 0.381 e. The molecule has 0 aliphatic carbocycles. The van der Waals surface area contributed by atoms with E-state index in [-0.39, 0.29) is 10.7 Å². The zero-order valence-electron chi connectivity index (χ0n) is 9.68. The molecular weight excluding hydrogens is 240 g/mol. The first-order valence-electron chi connectivity index (χ1n) is 5.27. The lowest BCUT2D eigenvalue weighted by Gasteiger charge is -2.03. The number of nitrogens with zero attached hydrogens (tertiary/aromatic N) is 2. The van der Waals surface area contributed by atoms with Crippen molar-refractivity contribution in [1.29, 1.82) is 0 Å². The van der Waals surface area contributed by atoms with Crippen LogP contribution < -0.4 is 10.5 Å². The first-order chi connectivity index (χ1) is 8.01. The number of nitrogen functional groups attached to an aromatic ring is 1. The Bertz CT molecular complexity index is 513. The Hall–Kier alpha value is -1.52. The van der Waals surface area contributed by atoms with Gasteiger partial charge >= 0.3 is 0 Å². The molecule has 0 saturated carbocycles. The van der Waals surface area contributed by atoms with Crippen LogP contribution >= 0.6 is 0 Å². The minimum absolute atomic E-state index is 0.0105. The number of unbranched alkanes of at least 4 members (excludes halogenated alkanes) is 1. The Labute approximate surface area is 101 Å². The Morgan fingerprint density at radius 1 is 1.65 bits per heavy atom. The van der Waals surface area contributed by atoms with Gasteiger partial charge in [0, 0.05) is 25.7 Å². The van der Waals surface area contributed by atoms with E-state index in [1.54, 1.807) is 0 Å². The van der Waals surface area contributed by atoms with Crippen molar-refractivity contribution in [2.75, 3.05) is 12.3 Å². The molecule has 0 aliphatic heterocycles. The fourth-order valence-electron chi connectivity index (χ4n) is 1.26. The van der Waals surface area contributed by atoms with Gasteiger partial charge in [-0.2, -0.15) is 5.10 Å². The normalized spacial score (nSPS) is 11.3. The molecule has 94 valence electrons. The number of nitrogens with two attached hydrogens (primary N) is 1. The topological polar surface area (TPSA) is 90.0 Å². The summed E-state index contributed by atoms with van der Waals surface area (Å²) in [6, 6.07) is 0. The molecule has 0 radical (unpaired) electrons. The number of hydrogen-bond donors (Lipinski definition) is 2. The predicted octanol–water partition coefficient (Wildman–Crippen LogP) is 0.177. The van der Waals surface area contributed by atoms with Gasteiger partial charge in [-0.3, -0.25) is 4.68 Å². The molecule has 6 nitrogen and oxygen atoms in total. The van der Waals surface area contributed by atoms with Crippen molar-refractivity contribution in [1.82, 2.24) is 14.5 Å². The van der Waals surface area contributed by atoms with Crippen LogP contribution in [0.1, 0.15) is 19.8 Å². The number of sulfonamides is 1. The fourth-order valence-corrected chi connectivity index (χ4v) is 2.41. The van der Waals surface area contributed by atoms with E-state index in [4.69, 9.17) is 12.2 Å². The lowest BCUT2D eigenvalue weighted by Crippen LogP contribution is -2.25. The highest BCUT2D eigenvalue weighted by atomic mass is 32.2. The molecule has 0 aliphatic rings. The van der Waals surface area contributed by atoms with Gasteiger partial charge in [-0.05, 0) is 13.3 Å². The van der Waals surface area contributed by atoms with Crippen molar-refractivity contribution in [3.63, 3.8) is 0 Å². The Balaban J connectivity index is 2.76. The molecule has 0 spiro atoms. The molecule has 0 unspecified atom stereocenters. The van der Waals surface area contributed by atoms with Crippen LogP contribution in [0.25, 0.3) is 0 Å². The number of rotatable bonds is 6. The molecule has 1 aromatic heterocycles. The molecule has 0 bridgehead atoms. The van der Waals surface area contributed by atoms with Gasteiger partial charge in [-0.15, -0.1) is 12.3 Å². The smallest absolute Gasteiger partial charge is 0.245 e. The van der Waals surface area contributed by atoms with E-state index in [2.05, 4.69) is 15.7 Å². The van der Waals surface area contributed by atoms with E-state index in [0.717, 1.165) is 0 Å². The summed E-state index contributed by atoms with van der Waals surface area (Å²) in [6.45, 7) is 2.71. The molecule has 0 atom stereocenters. The molecule has 0 saturated heterocycles. The van der Waals surface area contributed by atoms with Crippen LogP contribution in [0.5, 0.6) is 0 Å².